The minimum Gasteiger partial charge on any atom is -0.460 e. The van der Waals surface area contributed by atoms with E-state index in [-0.39, 0.29) is 0 Å². The SMILES string of the molecule is CCOC(=O)c1nc(-c2ccc(C)cc2)cn1C. The van der Waals surface area contributed by atoms with Crippen molar-refractivity contribution in [1.82, 2.24) is 9.55 Å². The monoisotopic (exact) mass is 244 g/mol. The summed E-state index contributed by atoms with van der Waals surface area (Å²) in [4.78, 5) is 16.0. The normalized spacial score (nSPS) is 10.4. The van der Waals surface area contributed by atoms with Gasteiger partial charge in [-0.15, -0.1) is 0 Å². The van der Waals surface area contributed by atoms with Crippen LogP contribution in [0.2, 0.25) is 0 Å². The first-order chi connectivity index (χ1) is 8.61. The minimum absolute atomic E-state index is 0.326. The lowest BCUT2D eigenvalue weighted by atomic mass is 10.1. The highest BCUT2D eigenvalue weighted by Crippen LogP contribution is 2.19. The van der Waals surface area contributed by atoms with Gasteiger partial charge in [0, 0.05) is 18.8 Å². The number of ether oxygens (including phenoxy) is 1. The van der Waals surface area contributed by atoms with Crippen LogP contribution in [0.5, 0.6) is 0 Å². The number of aromatic nitrogens is 2. The van der Waals surface area contributed by atoms with E-state index in [1.54, 1.807) is 18.5 Å². The maximum Gasteiger partial charge on any atom is 0.374 e. The van der Waals surface area contributed by atoms with Gasteiger partial charge in [-0.3, -0.25) is 0 Å². The van der Waals surface area contributed by atoms with Crippen molar-refractivity contribution < 1.29 is 9.53 Å². The van der Waals surface area contributed by atoms with Gasteiger partial charge in [-0.2, -0.15) is 0 Å². The largest absolute Gasteiger partial charge is 0.460 e. The summed E-state index contributed by atoms with van der Waals surface area (Å²) < 4.78 is 6.64. The van der Waals surface area contributed by atoms with Crippen LogP contribution in [0, 0.1) is 6.92 Å². The second kappa shape index (κ2) is 5.04. The van der Waals surface area contributed by atoms with Gasteiger partial charge >= 0.3 is 5.97 Å². The first kappa shape index (κ1) is 12.4. The van der Waals surface area contributed by atoms with Crippen LogP contribution in [0.25, 0.3) is 11.3 Å². The summed E-state index contributed by atoms with van der Waals surface area (Å²) in [5.74, 6) is -0.0641. The van der Waals surface area contributed by atoms with Crippen LogP contribution < -0.4 is 0 Å². The van der Waals surface area contributed by atoms with Crippen molar-refractivity contribution in [3.05, 3.63) is 41.9 Å². The highest BCUT2D eigenvalue weighted by Gasteiger charge is 2.15. The van der Waals surface area contributed by atoms with Crippen molar-refractivity contribution in [1.29, 1.82) is 0 Å². The molecule has 0 spiro atoms. The maximum atomic E-state index is 11.7. The lowest BCUT2D eigenvalue weighted by Crippen LogP contribution is -2.10. The molecule has 0 aliphatic rings. The molecule has 0 radical (unpaired) electrons. The molecule has 0 aliphatic carbocycles. The van der Waals surface area contributed by atoms with Crippen molar-refractivity contribution in [2.24, 2.45) is 7.05 Å². The Morgan fingerprint density at radius 3 is 2.61 bits per heavy atom. The number of carbonyl (C=O) groups is 1. The van der Waals surface area contributed by atoms with Crippen molar-refractivity contribution >= 4 is 5.97 Å². The first-order valence-electron chi connectivity index (χ1n) is 5.89. The molecule has 0 atom stereocenters. The van der Waals surface area contributed by atoms with Crippen LogP contribution in [-0.2, 0) is 11.8 Å². The molecule has 0 bridgehead atoms. The Balaban J connectivity index is 2.34. The molecule has 18 heavy (non-hydrogen) atoms. The summed E-state index contributed by atoms with van der Waals surface area (Å²) in [6, 6.07) is 8.03. The summed E-state index contributed by atoms with van der Waals surface area (Å²) >= 11 is 0. The second-order valence-electron chi connectivity index (χ2n) is 4.15. The third kappa shape index (κ3) is 2.42. The molecule has 94 valence electrons. The molecule has 2 aromatic rings. The Morgan fingerprint density at radius 2 is 2.00 bits per heavy atom. The molecule has 0 saturated heterocycles. The fourth-order valence-corrected chi connectivity index (χ4v) is 1.72. The predicted octanol–water partition coefficient (Wildman–Crippen LogP) is 2.57. The highest BCUT2D eigenvalue weighted by molar-refractivity contribution is 5.86. The molecular formula is C14H16N2O2. The molecule has 0 unspecified atom stereocenters. The average Bonchev–Trinajstić information content (AvgIpc) is 2.72. The van der Waals surface area contributed by atoms with Crippen molar-refractivity contribution in [3.8, 4) is 11.3 Å². The van der Waals surface area contributed by atoms with Crippen molar-refractivity contribution in [3.63, 3.8) is 0 Å². The lowest BCUT2D eigenvalue weighted by molar-refractivity contribution is 0.0508. The van der Waals surface area contributed by atoms with Gasteiger partial charge in [-0.25, -0.2) is 9.78 Å². The van der Waals surface area contributed by atoms with Crippen molar-refractivity contribution in [2.75, 3.05) is 6.61 Å². The zero-order valence-corrected chi connectivity index (χ0v) is 10.8. The quantitative estimate of drug-likeness (QED) is 0.779. The number of benzene rings is 1. The van der Waals surface area contributed by atoms with Crippen LogP contribution in [0.15, 0.2) is 30.5 Å². The van der Waals surface area contributed by atoms with Crippen LogP contribution >= 0.6 is 0 Å². The van der Waals surface area contributed by atoms with E-state index in [0.29, 0.717) is 12.4 Å². The van der Waals surface area contributed by atoms with Gasteiger partial charge in [0.25, 0.3) is 0 Å². The fourth-order valence-electron chi connectivity index (χ4n) is 1.72. The molecule has 1 heterocycles. The molecule has 0 amide bonds. The summed E-state index contributed by atoms with van der Waals surface area (Å²) in [5, 5.41) is 0. The van der Waals surface area contributed by atoms with Gasteiger partial charge in [0.15, 0.2) is 0 Å². The van der Waals surface area contributed by atoms with Gasteiger partial charge in [0.2, 0.25) is 5.82 Å². The molecule has 4 nitrogen and oxygen atoms in total. The van der Waals surface area contributed by atoms with E-state index in [1.165, 1.54) is 5.56 Å². The molecule has 2 rings (SSSR count). The number of esters is 1. The highest BCUT2D eigenvalue weighted by atomic mass is 16.5. The zero-order valence-electron chi connectivity index (χ0n) is 10.8. The number of imidazole rings is 1. The summed E-state index contributed by atoms with van der Waals surface area (Å²) in [6.45, 7) is 4.17. The second-order valence-corrected chi connectivity index (χ2v) is 4.15. The van der Waals surface area contributed by atoms with Crippen LogP contribution in [-0.4, -0.2) is 22.1 Å². The fraction of sp³-hybridized carbons (Fsp3) is 0.286. The number of hydrogen-bond donors (Lipinski definition) is 0. The topological polar surface area (TPSA) is 44.1 Å². The van der Waals surface area contributed by atoms with Gasteiger partial charge in [-0.05, 0) is 13.8 Å². The van der Waals surface area contributed by atoms with E-state index in [2.05, 4.69) is 4.98 Å². The van der Waals surface area contributed by atoms with E-state index in [1.807, 2.05) is 37.4 Å². The summed E-state index contributed by atoms with van der Waals surface area (Å²) in [6.07, 6.45) is 1.83. The van der Waals surface area contributed by atoms with Gasteiger partial charge < -0.3 is 9.30 Å². The number of nitrogens with zero attached hydrogens (tertiary/aromatic N) is 2. The molecule has 0 saturated carbocycles. The zero-order chi connectivity index (χ0) is 13.1. The molecule has 0 fully saturated rings. The van der Waals surface area contributed by atoms with Crippen LogP contribution in [0.1, 0.15) is 23.1 Å². The Labute approximate surface area is 106 Å². The van der Waals surface area contributed by atoms with Gasteiger partial charge in [0.05, 0.1) is 12.3 Å². The van der Waals surface area contributed by atoms with E-state index in [9.17, 15) is 4.79 Å². The van der Waals surface area contributed by atoms with E-state index in [4.69, 9.17) is 4.74 Å². The number of rotatable bonds is 3. The summed E-state index contributed by atoms with van der Waals surface area (Å²) in [5.41, 5.74) is 2.97. The molecule has 0 N–H and O–H groups in total. The van der Waals surface area contributed by atoms with Crippen LogP contribution in [0.3, 0.4) is 0 Å². The van der Waals surface area contributed by atoms with Crippen LogP contribution in [0.4, 0.5) is 0 Å². The van der Waals surface area contributed by atoms with E-state index < -0.39 is 5.97 Å². The third-order valence-electron chi connectivity index (χ3n) is 2.68. The maximum absolute atomic E-state index is 11.7. The Morgan fingerprint density at radius 1 is 1.33 bits per heavy atom. The van der Waals surface area contributed by atoms with E-state index in [0.717, 1.165) is 11.3 Å². The molecular weight excluding hydrogens is 228 g/mol. The molecule has 1 aromatic carbocycles. The standard InChI is InChI=1S/C14H16N2O2/c1-4-18-14(17)13-15-12(9-16(13)3)11-7-5-10(2)6-8-11/h5-9H,4H2,1-3H3. The summed E-state index contributed by atoms with van der Waals surface area (Å²) in [7, 11) is 1.79. The third-order valence-corrected chi connectivity index (χ3v) is 2.68. The van der Waals surface area contributed by atoms with E-state index >= 15 is 0 Å². The number of carbonyl (C=O) groups excluding carboxylic acids is 1. The van der Waals surface area contributed by atoms with Crippen molar-refractivity contribution in [2.45, 2.75) is 13.8 Å². The molecule has 1 aromatic heterocycles. The Kier molecular flexibility index (Phi) is 3.46. The van der Waals surface area contributed by atoms with Gasteiger partial charge in [-0.1, -0.05) is 29.8 Å². The molecule has 4 heteroatoms. The first-order valence-corrected chi connectivity index (χ1v) is 5.89. The lowest BCUT2D eigenvalue weighted by Gasteiger charge is -1.99. The Hall–Kier alpha value is -2.10. The average molecular weight is 244 g/mol. The predicted molar refractivity (Wildman–Crippen MR) is 69.3 cm³/mol. The Bertz CT molecular complexity index is 556. The minimum atomic E-state index is -0.390. The molecule has 0 aliphatic heterocycles. The van der Waals surface area contributed by atoms with Gasteiger partial charge in [0.1, 0.15) is 0 Å². The number of hydrogen-bond acceptors (Lipinski definition) is 3. The smallest absolute Gasteiger partial charge is 0.374 e. The number of aryl methyl sites for hydroxylation is 2.